The van der Waals surface area contributed by atoms with Gasteiger partial charge in [-0.3, -0.25) is 9.69 Å². The molecule has 1 aliphatic heterocycles. The Bertz CT molecular complexity index is 1270. The van der Waals surface area contributed by atoms with E-state index in [1.807, 2.05) is 13.0 Å². The van der Waals surface area contributed by atoms with Crippen LogP contribution < -0.4 is 15.2 Å². The van der Waals surface area contributed by atoms with Gasteiger partial charge in [0.15, 0.2) is 5.58 Å². The number of unbranched alkanes of at least 4 members (excludes halogenated alkanes) is 1. The molecule has 1 fully saturated rings. The standard InChI is InChI=1S/C24H27N5O3/c1-17-19-7-8-21(30)26-23(19)27-24(25-17)32-15-3-2-10-28-11-13-29(14-12-28)20-6-4-5-18-9-16-31-22(18)20/h4-9,16H,2-3,10-15H2,1H3,(H,25,26,27,30). The van der Waals surface area contributed by atoms with E-state index in [2.05, 4.69) is 43.0 Å². The third-order valence-corrected chi connectivity index (χ3v) is 6.03. The number of hydrogen-bond acceptors (Lipinski definition) is 7. The van der Waals surface area contributed by atoms with Crippen molar-refractivity contribution in [3.63, 3.8) is 0 Å². The minimum absolute atomic E-state index is 0.178. The minimum Gasteiger partial charge on any atom is -0.463 e. The lowest BCUT2D eigenvalue weighted by atomic mass is 10.2. The van der Waals surface area contributed by atoms with Crippen LogP contribution in [0.4, 0.5) is 5.69 Å². The average molecular weight is 434 g/mol. The molecule has 8 nitrogen and oxygen atoms in total. The molecule has 1 saturated heterocycles. The highest BCUT2D eigenvalue weighted by atomic mass is 16.5. The Morgan fingerprint density at radius 1 is 1.06 bits per heavy atom. The van der Waals surface area contributed by atoms with Crippen LogP contribution in [-0.4, -0.2) is 59.2 Å². The van der Waals surface area contributed by atoms with Gasteiger partial charge < -0.3 is 19.0 Å². The van der Waals surface area contributed by atoms with Crippen molar-refractivity contribution < 1.29 is 9.15 Å². The van der Waals surface area contributed by atoms with E-state index in [0.29, 0.717) is 18.3 Å². The normalized spacial score (nSPS) is 15.0. The summed E-state index contributed by atoms with van der Waals surface area (Å²) in [7, 11) is 0. The molecule has 8 heteroatoms. The molecule has 0 saturated carbocycles. The Morgan fingerprint density at radius 3 is 2.81 bits per heavy atom. The molecule has 0 spiro atoms. The zero-order valence-electron chi connectivity index (χ0n) is 18.2. The van der Waals surface area contributed by atoms with Gasteiger partial charge >= 0.3 is 6.01 Å². The molecule has 0 radical (unpaired) electrons. The lowest BCUT2D eigenvalue weighted by molar-refractivity contribution is 0.234. The van der Waals surface area contributed by atoms with E-state index >= 15 is 0 Å². The topological polar surface area (TPSA) is 87.5 Å². The number of fused-ring (bicyclic) bond motifs is 2. The van der Waals surface area contributed by atoms with Crippen LogP contribution in [0.25, 0.3) is 22.0 Å². The molecular weight excluding hydrogens is 406 g/mol. The van der Waals surface area contributed by atoms with Crippen LogP contribution in [0.15, 0.2) is 51.9 Å². The molecule has 5 rings (SSSR count). The predicted octanol–water partition coefficient (Wildman–Crippen LogP) is 3.35. The summed E-state index contributed by atoms with van der Waals surface area (Å²) in [4.78, 5) is 27.9. The van der Waals surface area contributed by atoms with Crippen molar-refractivity contribution in [3.8, 4) is 6.01 Å². The first-order chi connectivity index (χ1) is 15.7. The number of hydrogen-bond donors (Lipinski definition) is 1. The van der Waals surface area contributed by atoms with E-state index in [1.165, 1.54) is 11.8 Å². The highest BCUT2D eigenvalue weighted by Gasteiger charge is 2.19. The molecule has 32 heavy (non-hydrogen) atoms. The van der Waals surface area contributed by atoms with Gasteiger partial charge in [0.2, 0.25) is 5.56 Å². The SMILES string of the molecule is Cc1nc(OCCCCN2CCN(c3cccc4ccoc34)CC2)nc2[nH]c(=O)ccc12. The monoisotopic (exact) mass is 433 g/mol. The Kier molecular flexibility index (Phi) is 5.77. The van der Waals surface area contributed by atoms with Crippen LogP contribution in [0, 0.1) is 6.92 Å². The summed E-state index contributed by atoms with van der Waals surface area (Å²) in [5.74, 6) is 0. The third kappa shape index (κ3) is 4.31. The number of piperazine rings is 1. The van der Waals surface area contributed by atoms with E-state index in [4.69, 9.17) is 9.15 Å². The number of anilines is 1. The van der Waals surface area contributed by atoms with Gasteiger partial charge in [-0.1, -0.05) is 12.1 Å². The summed E-state index contributed by atoms with van der Waals surface area (Å²) in [5, 5.41) is 1.99. The fourth-order valence-electron chi connectivity index (χ4n) is 4.27. The van der Waals surface area contributed by atoms with Gasteiger partial charge in [-0.2, -0.15) is 9.97 Å². The van der Waals surface area contributed by atoms with Crippen molar-refractivity contribution in [2.45, 2.75) is 19.8 Å². The fraction of sp³-hybridized carbons (Fsp3) is 0.375. The molecule has 1 aromatic carbocycles. The molecule has 0 aliphatic carbocycles. The molecule has 0 amide bonds. The van der Waals surface area contributed by atoms with Crippen molar-refractivity contribution in [1.29, 1.82) is 0 Å². The van der Waals surface area contributed by atoms with Crippen LogP contribution in [0.1, 0.15) is 18.5 Å². The molecular formula is C24H27N5O3. The van der Waals surface area contributed by atoms with E-state index in [9.17, 15) is 4.79 Å². The van der Waals surface area contributed by atoms with E-state index < -0.39 is 0 Å². The molecule has 4 aromatic rings. The van der Waals surface area contributed by atoms with Crippen molar-refractivity contribution in [3.05, 3.63) is 58.7 Å². The Balaban J connectivity index is 1.07. The largest absolute Gasteiger partial charge is 0.463 e. The Morgan fingerprint density at radius 2 is 1.94 bits per heavy atom. The summed E-state index contributed by atoms with van der Waals surface area (Å²) in [6, 6.07) is 11.9. The molecule has 3 aromatic heterocycles. The third-order valence-electron chi connectivity index (χ3n) is 6.03. The number of nitrogens with zero attached hydrogens (tertiary/aromatic N) is 4. The summed E-state index contributed by atoms with van der Waals surface area (Å²) in [6.07, 6.45) is 3.74. The van der Waals surface area contributed by atoms with E-state index in [0.717, 1.165) is 67.6 Å². The number of furan rings is 1. The van der Waals surface area contributed by atoms with Crippen molar-refractivity contribution in [2.75, 3.05) is 44.2 Å². The second kappa shape index (κ2) is 9.00. The first-order valence-electron chi connectivity index (χ1n) is 11.1. The highest BCUT2D eigenvalue weighted by Crippen LogP contribution is 2.28. The van der Waals surface area contributed by atoms with Crippen molar-refractivity contribution >= 4 is 27.7 Å². The molecule has 1 aliphatic rings. The fourth-order valence-corrected chi connectivity index (χ4v) is 4.27. The Hall–Kier alpha value is -3.39. The molecule has 0 bridgehead atoms. The zero-order chi connectivity index (χ0) is 21.9. The maximum atomic E-state index is 11.5. The molecule has 0 unspecified atom stereocenters. The van der Waals surface area contributed by atoms with Gasteiger partial charge in [0.05, 0.1) is 24.3 Å². The maximum Gasteiger partial charge on any atom is 0.318 e. The van der Waals surface area contributed by atoms with Gasteiger partial charge in [0, 0.05) is 43.0 Å². The van der Waals surface area contributed by atoms with Crippen LogP contribution in [0.5, 0.6) is 6.01 Å². The zero-order valence-corrected chi connectivity index (χ0v) is 18.2. The summed E-state index contributed by atoms with van der Waals surface area (Å²) in [6.45, 7) is 7.57. The number of H-pyrrole nitrogens is 1. The molecule has 1 N–H and O–H groups in total. The van der Waals surface area contributed by atoms with Gasteiger partial charge in [-0.05, 0) is 44.5 Å². The highest BCUT2D eigenvalue weighted by molar-refractivity contribution is 5.89. The maximum absolute atomic E-state index is 11.5. The number of rotatable bonds is 7. The number of nitrogens with one attached hydrogen (secondary N) is 1. The Labute approximate surface area is 185 Å². The summed E-state index contributed by atoms with van der Waals surface area (Å²) in [5.41, 5.74) is 3.30. The predicted molar refractivity (Wildman–Crippen MR) is 124 cm³/mol. The molecule has 166 valence electrons. The number of aromatic amines is 1. The second-order valence-corrected chi connectivity index (χ2v) is 8.18. The lowest BCUT2D eigenvalue weighted by Crippen LogP contribution is -2.46. The van der Waals surface area contributed by atoms with Crippen LogP contribution >= 0.6 is 0 Å². The van der Waals surface area contributed by atoms with Crippen molar-refractivity contribution in [1.82, 2.24) is 19.9 Å². The van der Waals surface area contributed by atoms with E-state index in [1.54, 1.807) is 12.3 Å². The average Bonchev–Trinajstić information content (AvgIpc) is 3.28. The van der Waals surface area contributed by atoms with Gasteiger partial charge in [-0.15, -0.1) is 0 Å². The number of pyridine rings is 1. The summed E-state index contributed by atoms with van der Waals surface area (Å²) >= 11 is 0. The number of aromatic nitrogens is 3. The number of para-hydroxylation sites is 1. The van der Waals surface area contributed by atoms with E-state index in [-0.39, 0.29) is 5.56 Å². The van der Waals surface area contributed by atoms with Gasteiger partial charge in [-0.25, -0.2) is 0 Å². The first-order valence-corrected chi connectivity index (χ1v) is 11.1. The van der Waals surface area contributed by atoms with Gasteiger partial charge in [0.1, 0.15) is 5.65 Å². The first kappa shape index (κ1) is 20.5. The minimum atomic E-state index is -0.178. The second-order valence-electron chi connectivity index (χ2n) is 8.18. The summed E-state index contributed by atoms with van der Waals surface area (Å²) < 4.78 is 11.4. The number of aryl methyl sites for hydroxylation is 1. The number of benzene rings is 1. The quantitative estimate of drug-likeness (QED) is 0.447. The van der Waals surface area contributed by atoms with Gasteiger partial charge in [0.25, 0.3) is 0 Å². The smallest absolute Gasteiger partial charge is 0.318 e. The van der Waals surface area contributed by atoms with Crippen molar-refractivity contribution in [2.24, 2.45) is 0 Å². The van der Waals surface area contributed by atoms with Crippen LogP contribution in [-0.2, 0) is 0 Å². The van der Waals surface area contributed by atoms with Crippen LogP contribution in [0.2, 0.25) is 0 Å². The van der Waals surface area contributed by atoms with Crippen LogP contribution in [0.3, 0.4) is 0 Å². The number of ether oxygens (including phenoxy) is 1. The lowest BCUT2D eigenvalue weighted by Gasteiger charge is -2.36. The molecule has 0 atom stereocenters. The molecule has 4 heterocycles.